The average molecular weight is 314 g/mol. The fourth-order valence-electron chi connectivity index (χ4n) is 1.62. The van der Waals surface area contributed by atoms with Crippen LogP contribution in [0.5, 0.6) is 0 Å². The number of nitrogens with one attached hydrogen (secondary N) is 1. The van der Waals surface area contributed by atoms with E-state index in [4.69, 9.17) is 11.8 Å². The van der Waals surface area contributed by atoms with Gasteiger partial charge < -0.3 is 10.1 Å². The Morgan fingerprint density at radius 1 is 1.50 bits per heavy atom. The molecular formula is C12H12ClN3O3S. The highest BCUT2D eigenvalue weighted by molar-refractivity contribution is 8.02. The molecule has 1 amide bonds. The van der Waals surface area contributed by atoms with Crippen molar-refractivity contribution in [2.75, 3.05) is 7.11 Å². The van der Waals surface area contributed by atoms with Crippen molar-refractivity contribution in [3.8, 4) is 0 Å². The molecule has 0 saturated carbocycles. The van der Waals surface area contributed by atoms with Crippen LogP contribution in [-0.4, -0.2) is 28.4 Å². The third-order valence-electron chi connectivity index (χ3n) is 2.47. The van der Waals surface area contributed by atoms with E-state index in [-0.39, 0.29) is 17.0 Å². The maximum absolute atomic E-state index is 11.5. The summed E-state index contributed by atoms with van der Waals surface area (Å²) in [5.74, 6) is -0.232. The van der Waals surface area contributed by atoms with Gasteiger partial charge in [0.05, 0.1) is 12.8 Å². The standard InChI is InChI=1S/C12H12ClN3O3S/c1-7(17)14-10-6-20-11(16(10)13)8-4-3-5-9(15-8)12(18)19-2/h3-6,11H,1-2H3,(H,14,17). The van der Waals surface area contributed by atoms with Gasteiger partial charge in [0, 0.05) is 24.1 Å². The third kappa shape index (κ3) is 3.05. The molecule has 2 rings (SSSR count). The summed E-state index contributed by atoms with van der Waals surface area (Å²) >= 11 is 7.55. The van der Waals surface area contributed by atoms with E-state index < -0.39 is 5.97 Å². The van der Waals surface area contributed by atoms with Gasteiger partial charge in [-0.15, -0.1) is 0 Å². The molecule has 1 aliphatic heterocycles. The van der Waals surface area contributed by atoms with Gasteiger partial charge in [-0.25, -0.2) is 9.78 Å². The maximum atomic E-state index is 11.5. The molecule has 1 aliphatic rings. The average Bonchev–Trinajstić information content (AvgIpc) is 2.79. The normalized spacial score (nSPS) is 17.6. The van der Waals surface area contributed by atoms with Crippen molar-refractivity contribution in [1.82, 2.24) is 14.7 Å². The summed E-state index contributed by atoms with van der Waals surface area (Å²) in [6, 6.07) is 5.02. The van der Waals surface area contributed by atoms with E-state index in [1.54, 1.807) is 23.6 Å². The second-order valence-corrected chi connectivity index (χ2v) is 5.24. The summed E-state index contributed by atoms with van der Waals surface area (Å²) < 4.78 is 6.00. The highest BCUT2D eigenvalue weighted by Crippen LogP contribution is 2.42. The third-order valence-corrected chi connectivity index (χ3v) is 4.03. The van der Waals surface area contributed by atoms with Gasteiger partial charge in [-0.3, -0.25) is 9.21 Å². The van der Waals surface area contributed by atoms with Crippen LogP contribution in [0.15, 0.2) is 29.4 Å². The van der Waals surface area contributed by atoms with E-state index in [0.29, 0.717) is 11.5 Å². The van der Waals surface area contributed by atoms with Gasteiger partial charge in [-0.2, -0.15) is 0 Å². The van der Waals surface area contributed by atoms with Crippen molar-refractivity contribution < 1.29 is 14.3 Å². The van der Waals surface area contributed by atoms with Gasteiger partial charge in [0.1, 0.15) is 16.9 Å². The first-order chi connectivity index (χ1) is 9.52. The van der Waals surface area contributed by atoms with E-state index in [1.165, 1.54) is 30.2 Å². The minimum Gasteiger partial charge on any atom is -0.464 e. The zero-order chi connectivity index (χ0) is 14.7. The smallest absolute Gasteiger partial charge is 0.356 e. The van der Waals surface area contributed by atoms with Crippen LogP contribution < -0.4 is 5.32 Å². The molecule has 106 valence electrons. The highest BCUT2D eigenvalue weighted by atomic mass is 35.5. The number of carbonyl (C=O) groups excluding carboxylic acids is 2. The predicted molar refractivity (Wildman–Crippen MR) is 75.5 cm³/mol. The summed E-state index contributed by atoms with van der Waals surface area (Å²) in [5, 5.41) is 4.03. The van der Waals surface area contributed by atoms with Crippen LogP contribution in [0.3, 0.4) is 0 Å². The Bertz CT molecular complexity index is 579. The summed E-state index contributed by atoms with van der Waals surface area (Å²) in [6.07, 6.45) is 0. The van der Waals surface area contributed by atoms with Crippen LogP contribution in [0.25, 0.3) is 0 Å². The molecular weight excluding hydrogens is 302 g/mol. The van der Waals surface area contributed by atoms with Crippen molar-refractivity contribution >= 4 is 35.4 Å². The molecule has 1 atom stereocenters. The molecule has 1 unspecified atom stereocenters. The van der Waals surface area contributed by atoms with E-state index >= 15 is 0 Å². The molecule has 0 saturated heterocycles. The maximum Gasteiger partial charge on any atom is 0.356 e. The molecule has 8 heteroatoms. The molecule has 6 nitrogen and oxygen atoms in total. The largest absolute Gasteiger partial charge is 0.464 e. The fourth-order valence-corrected chi connectivity index (χ4v) is 2.92. The lowest BCUT2D eigenvalue weighted by molar-refractivity contribution is -0.118. The molecule has 0 radical (unpaired) electrons. The molecule has 2 heterocycles. The zero-order valence-corrected chi connectivity index (χ0v) is 12.4. The number of rotatable bonds is 3. The van der Waals surface area contributed by atoms with Crippen molar-refractivity contribution in [3.63, 3.8) is 0 Å². The molecule has 1 aromatic heterocycles. The number of ether oxygens (including phenoxy) is 1. The van der Waals surface area contributed by atoms with Crippen LogP contribution in [0.4, 0.5) is 0 Å². The number of hydrogen-bond acceptors (Lipinski definition) is 6. The van der Waals surface area contributed by atoms with Gasteiger partial charge in [0.25, 0.3) is 0 Å². The topological polar surface area (TPSA) is 71.5 Å². The zero-order valence-electron chi connectivity index (χ0n) is 10.8. The van der Waals surface area contributed by atoms with E-state index in [1.807, 2.05) is 0 Å². The summed E-state index contributed by atoms with van der Waals surface area (Å²) in [5.41, 5.74) is 0.813. The molecule has 1 N–H and O–H groups in total. The first-order valence-corrected chi connectivity index (χ1v) is 6.94. The lowest BCUT2D eigenvalue weighted by Crippen LogP contribution is -2.27. The first-order valence-electron chi connectivity index (χ1n) is 5.66. The molecule has 0 spiro atoms. The van der Waals surface area contributed by atoms with Gasteiger partial charge in [0.15, 0.2) is 0 Å². The van der Waals surface area contributed by atoms with Crippen LogP contribution in [0.2, 0.25) is 0 Å². The number of halogens is 1. The Morgan fingerprint density at radius 3 is 2.90 bits per heavy atom. The summed E-state index contributed by atoms with van der Waals surface area (Å²) in [6.45, 7) is 1.40. The lowest BCUT2D eigenvalue weighted by Gasteiger charge is -2.20. The Balaban J connectivity index is 2.18. The molecule has 0 aliphatic carbocycles. The van der Waals surface area contributed by atoms with Crippen molar-refractivity contribution in [2.24, 2.45) is 0 Å². The van der Waals surface area contributed by atoms with Crippen LogP contribution in [-0.2, 0) is 9.53 Å². The minimum absolute atomic E-state index is 0.209. The Hall–Kier alpha value is -1.73. The van der Waals surface area contributed by atoms with E-state index in [9.17, 15) is 9.59 Å². The highest BCUT2D eigenvalue weighted by Gasteiger charge is 2.29. The molecule has 0 bridgehead atoms. The first kappa shape index (κ1) is 14.7. The van der Waals surface area contributed by atoms with Gasteiger partial charge in [0.2, 0.25) is 5.91 Å². The van der Waals surface area contributed by atoms with Gasteiger partial charge in [-0.05, 0) is 12.1 Å². The number of pyridine rings is 1. The van der Waals surface area contributed by atoms with Crippen LogP contribution >= 0.6 is 23.5 Å². The number of esters is 1. The number of hydrogen-bond donors (Lipinski definition) is 1. The molecule has 0 fully saturated rings. The number of thioether (sulfide) groups is 1. The fraction of sp³-hybridized carbons (Fsp3) is 0.250. The Labute approximate surface area is 125 Å². The quantitative estimate of drug-likeness (QED) is 0.680. The van der Waals surface area contributed by atoms with E-state index in [2.05, 4.69) is 15.0 Å². The monoisotopic (exact) mass is 313 g/mol. The van der Waals surface area contributed by atoms with Crippen molar-refractivity contribution in [2.45, 2.75) is 12.3 Å². The summed E-state index contributed by atoms with van der Waals surface area (Å²) in [7, 11) is 1.30. The summed E-state index contributed by atoms with van der Waals surface area (Å²) in [4.78, 5) is 26.7. The second kappa shape index (κ2) is 6.15. The van der Waals surface area contributed by atoms with Gasteiger partial charge >= 0.3 is 5.97 Å². The van der Waals surface area contributed by atoms with Crippen LogP contribution in [0, 0.1) is 0 Å². The number of amides is 1. The molecule has 0 aromatic carbocycles. The minimum atomic E-state index is -0.508. The molecule has 1 aromatic rings. The number of methoxy groups -OCH3 is 1. The van der Waals surface area contributed by atoms with Crippen molar-refractivity contribution in [3.05, 3.63) is 40.8 Å². The second-order valence-electron chi connectivity index (χ2n) is 3.92. The number of carbonyl (C=O) groups is 2. The van der Waals surface area contributed by atoms with Gasteiger partial charge in [-0.1, -0.05) is 17.8 Å². The Kier molecular flexibility index (Phi) is 4.51. The Morgan fingerprint density at radius 2 is 2.25 bits per heavy atom. The van der Waals surface area contributed by atoms with Crippen molar-refractivity contribution in [1.29, 1.82) is 0 Å². The number of aromatic nitrogens is 1. The van der Waals surface area contributed by atoms with Crippen LogP contribution in [0.1, 0.15) is 28.5 Å². The number of nitrogens with zero attached hydrogens (tertiary/aromatic N) is 2. The SMILES string of the molecule is COC(=O)c1cccc(C2SC=C(NC(C)=O)N2Cl)n1. The molecule has 20 heavy (non-hydrogen) atoms. The van der Waals surface area contributed by atoms with E-state index in [0.717, 1.165) is 0 Å². The predicted octanol–water partition coefficient (Wildman–Crippen LogP) is 2.00. The lowest BCUT2D eigenvalue weighted by atomic mass is 10.3.